The number of aromatic nitrogens is 2. The Morgan fingerprint density at radius 3 is 2.78 bits per heavy atom. The van der Waals surface area contributed by atoms with Crippen molar-refractivity contribution < 1.29 is 0 Å². The van der Waals surface area contributed by atoms with Crippen LogP contribution in [-0.4, -0.2) is 9.13 Å². The lowest BCUT2D eigenvalue weighted by Gasteiger charge is -2.07. The highest BCUT2D eigenvalue weighted by Crippen LogP contribution is 2.47. The van der Waals surface area contributed by atoms with Gasteiger partial charge in [-0.05, 0) is 6.08 Å². The van der Waals surface area contributed by atoms with Crippen LogP contribution in [0.1, 0.15) is 11.5 Å². The molecule has 1 aliphatic carbocycles. The topological polar surface area (TPSA) is 44.0 Å². The van der Waals surface area contributed by atoms with Gasteiger partial charge in [0.1, 0.15) is 0 Å². The van der Waals surface area contributed by atoms with E-state index in [1.807, 2.05) is 24.3 Å². The van der Waals surface area contributed by atoms with Crippen LogP contribution >= 0.6 is 11.8 Å². The number of fused-ring (bicyclic) bond motifs is 3. The Kier molecular flexibility index (Phi) is 2.40. The molecule has 5 heteroatoms. The van der Waals surface area contributed by atoms with E-state index in [1.165, 1.54) is 23.4 Å². The molecule has 0 spiro atoms. The van der Waals surface area contributed by atoms with E-state index in [0.29, 0.717) is 5.56 Å². The Morgan fingerprint density at radius 1 is 1.22 bits per heavy atom. The fourth-order valence-corrected chi connectivity index (χ4v) is 3.39. The van der Waals surface area contributed by atoms with Crippen molar-refractivity contribution in [3.8, 4) is 0 Å². The van der Waals surface area contributed by atoms with Gasteiger partial charge in [0.15, 0.2) is 12.0 Å². The molecular formula is C13H11N2O2S+. The van der Waals surface area contributed by atoms with Crippen LogP contribution in [0.2, 0.25) is 0 Å². The van der Waals surface area contributed by atoms with E-state index in [4.69, 9.17) is 0 Å². The van der Waals surface area contributed by atoms with Crippen LogP contribution in [0.3, 0.4) is 0 Å². The van der Waals surface area contributed by atoms with Gasteiger partial charge >= 0.3 is 5.69 Å². The molecule has 90 valence electrons. The van der Waals surface area contributed by atoms with E-state index < -0.39 is 0 Å². The Morgan fingerprint density at radius 2 is 2.00 bits per heavy atom. The summed E-state index contributed by atoms with van der Waals surface area (Å²) in [6.45, 7) is 0. The third-order valence-corrected chi connectivity index (χ3v) is 4.46. The molecule has 3 rings (SSSR count). The molecule has 2 heterocycles. The van der Waals surface area contributed by atoms with E-state index in [0.717, 1.165) is 14.5 Å². The van der Waals surface area contributed by atoms with Crippen molar-refractivity contribution in [2.45, 2.75) is 10.9 Å². The molecule has 0 N–H and O–H groups in total. The number of hydrogen-bond acceptors (Lipinski definition) is 3. The van der Waals surface area contributed by atoms with Crippen LogP contribution in [-0.2, 0) is 14.1 Å². The van der Waals surface area contributed by atoms with Crippen molar-refractivity contribution in [2.24, 2.45) is 14.1 Å². The summed E-state index contributed by atoms with van der Waals surface area (Å²) >= 11 is 1.47. The van der Waals surface area contributed by atoms with Crippen molar-refractivity contribution in [3.63, 3.8) is 0 Å². The van der Waals surface area contributed by atoms with E-state index >= 15 is 0 Å². The Balaban J connectivity index is 2.37. The Bertz CT molecular complexity index is 735. The fourth-order valence-electron chi connectivity index (χ4n) is 2.19. The molecular weight excluding hydrogens is 248 g/mol. The number of hydrogen-bond donors (Lipinski definition) is 0. The average Bonchev–Trinajstić information content (AvgIpc) is 2.57. The molecule has 1 atom stereocenters. The lowest BCUT2D eigenvalue weighted by atomic mass is 10.0. The third kappa shape index (κ3) is 1.38. The predicted molar refractivity (Wildman–Crippen MR) is 70.6 cm³/mol. The van der Waals surface area contributed by atoms with Gasteiger partial charge in [0.25, 0.3) is 5.56 Å². The van der Waals surface area contributed by atoms with Crippen molar-refractivity contribution in [3.05, 3.63) is 61.7 Å². The van der Waals surface area contributed by atoms with Crippen LogP contribution < -0.4 is 11.2 Å². The normalized spacial score (nSPS) is 19.9. The minimum atomic E-state index is -0.289. The van der Waals surface area contributed by atoms with Gasteiger partial charge < -0.3 is 0 Å². The first-order valence-corrected chi connectivity index (χ1v) is 6.37. The molecule has 0 bridgehead atoms. The first-order chi connectivity index (χ1) is 8.61. The molecule has 2 aliphatic rings. The molecule has 1 aliphatic heterocycles. The Labute approximate surface area is 108 Å². The van der Waals surface area contributed by atoms with Gasteiger partial charge in [-0.3, -0.25) is 13.9 Å². The summed E-state index contributed by atoms with van der Waals surface area (Å²) in [5, 5.41) is 0.732. The summed E-state index contributed by atoms with van der Waals surface area (Å²) in [5.74, 6) is -0.148. The number of nitrogens with zero attached hydrogens (tertiary/aromatic N) is 2. The fraction of sp³-hybridized carbons (Fsp3) is 0.231. The quantitative estimate of drug-likeness (QED) is 0.517. The van der Waals surface area contributed by atoms with Crippen molar-refractivity contribution in [1.29, 1.82) is 0 Å². The number of rotatable bonds is 0. The van der Waals surface area contributed by atoms with Crippen molar-refractivity contribution >= 4 is 11.8 Å². The van der Waals surface area contributed by atoms with Gasteiger partial charge in [0.05, 0.1) is 22.7 Å². The maximum atomic E-state index is 12.2. The van der Waals surface area contributed by atoms with Crippen LogP contribution in [0.5, 0.6) is 0 Å². The first kappa shape index (κ1) is 11.3. The molecule has 0 fully saturated rings. The molecule has 0 aromatic carbocycles. The summed E-state index contributed by atoms with van der Waals surface area (Å²) in [6.07, 6.45) is 10.8. The highest BCUT2D eigenvalue weighted by molar-refractivity contribution is 8.03. The summed E-state index contributed by atoms with van der Waals surface area (Å²) in [6, 6.07) is 0. The molecule has 0 amide bonds. The van der Waals surface area contributed by atoms with Crippen molar-refractivity contribution in [2.75, 3.05) is 0 Å². The van der Waals surface area contributed by atoms with E-state index in [9.17, 15) is 9.59 Å². The second kappa shape index (κ2) is 3.83. The molecule has 1 aromatic heterocycles. The molecule has 4 nitrogen and oxygen atoms in total. The van der Waals surface area contributed by atoms with E-state index in [1.54, 1.807) is 7.05 Å². The zero-order valence-corrected chi connectivity index (χ0v) is 10.8. The van der Waals surface area contributed by atoms with Crippen molar-refractivity contribution in [1.82, 2.24) is 9.13 Å². The minimum absolute atomic E-state index is 0.148. The second-order valence-corrected chi connectivity index (χ2v) is 5.31. The standard InChI is InChI=1S/C13H11N2O2S/c1-14-11(16)10-8-6-4-3-5-7-9(8)18-12(10)15(2)13(14)17/h3-5,7-8H,1-2H3/q+1. The minimum Gasteiger partial charge on any atom is -0.290 e. The smallest absolute Gasteiger partial charge is 0.290 e. The molecule has 1 unspecified atom stereocenters. The summed E-state index contributed by atoms with van der Waals surface area (Å²) < 4.78 is 2.69. The molecule has 0 radical (unpaired) electrons. The largest absolute Gasteiger partial charge is 0.331 e. The average molecular weight is 259 g/mol. The van der Waals surface area contributed by atoms with Gasteiger partial charge in [0, 0.05) is 25.1 Å². The molecule has 0 saturated carbocycles. The highest BCUT2D eigenvalue weighted by Gasteiger charge is 2.37. The van der Waals surface area contributed by atoms with Gasteiger partial charge in [-0.25, -0.2) is 4.79 Å². The molecule has 18 heavy (non-hydrogen) atoms. The van der Waals surface area contributed by atoms with Crippen LogP contribution in [0.15, 0.2) is 43.8 Å². The van der Waals surface area contributed by atoms with Gasteiger partial charge in [0.2, 0.25) is 0 Å². The zero-order chi connectivity index (χ0) is 12.9. The summed E-state index contributed by atoms with van der Waals surface area (Å²) in [5.41, 5.74) is 0.135. The number of allylic oxidation sites excluding steroid dienone is 6. The lowest BCUT2D eigenvalue weighted by Crippen LogP contribution is -2.39. The first-order valence-electron chi connectivity index (χ1n) is 5.55. The van der Waals surface area contributed by atoms with Gasteiger partial charge in [-0.15, -0.1) is 0 Å². The van der Waals surface area contributed by atoms with Gasteiger partial charge in [-0.1, -0.05) is 11.8 Å². The third-order valence-electron chi connectivity index (χ3n) is 3.16. The molecule has 0 saturated heterocycles. The second-order valence-electron chi connectivity index (χ2n) is 4.25. The maximum Gasteiger partial charge on any atom is 0.331 e. The summed E-state index contributed by atoms with van der Waals surface area (Å²) in [4.78, 5) is 25.1. The van der Waals surface area contributed by atoms with Crippen LogP contribution in [0, 0.1) is 6.08 Å². The Hall–Kier alpha value is -1.84. The number of thioether (sulfide) groups is 1. The maximum absolute atomic E-state index is 12.2. The van der Waals surface area contributed by atoms with E-state index in [-0.39, 0.29) is 17.2 Å². The molecule has 1 aromatic rings. The van der Waals surface area contributed by atoms with Crippen LogP contribution in [0.4, 0.5) is 0 Å². The lowest BCUT2D eigenvalue weighted by molar-refractivity contribution is 0.618. The zero-order valence-electron chi connectivity index (χ0n) is 10.0. The van der Waals surface area contributed by atoms with Crippen LogP contribution in [0.25, 0.3) is 0 Å². The predicted octanol–water partition coefficient (Wildman–Crippen LogP) is 1.09. The SMILES string of the molecule is Cn1c2c(c(=O)n(C)c1=O)C1[C+]=CC=CC=C1S2. The summed E-state index contributed by atoms with van der Waals surface area (Å²) in [7, 11) is 3.20. The van der Waals surface area contributed by atoms with Gasteiger partial charge in [-0.2, -0.15) is 0 Å². The van der Waals surface area contributed by atoms with E-state index in [2.05, 4.69) is 6.08 Å². The highest BCUT2D eigenvalue weighted by atomic mass is 32.2. The monoisotopic (exact) mass is 259 g/mol.